The Hall–Kier alpha value is -4.71. The third-order valence-corrected chi connectivity index (χ3v) is 13.7. The van der Waals surface area contributed by atoms with Gasteiger partial charge in [0, 0.05) is 68.1 Å². The molecular weight excluding hydrogens is 767 g/mol. The topological polar surface area (TPSA) is 142 Å². The predicted molar refractivity (Wildman–Crippen MR) is 218 cm³/mol. The molecule has 0 radical (unpaired) electrons. The lowest BCUT2D eigenvalue weighted by atomic mass is 9.77. The minimum absolute atomic E-state index is 0.0353. The highest BCUT2D eigenvalue weighted by Gasteiger charge is 2.42. The van der Waals surface area contributed by atoms with E-state index in [9.17, 15) is 24.4 Å². The molecule has 300 valence electrons. The van der Waals surface area contributed by atoms with Crippen LogP contribution in [0.1, 0.15) is 78.1 Å². The van der Waals surface area contributed by atoms with Gasteiger partial charge in [0.2, 0.25) is 12.3 Å². The highest BCUT2D eigenvalue weighted by molar-refractivity contribution is 7.99. The number of anilines is 2. The normalized spacial score (nSPS) is 19.2. The van der Waals surface area contributed by atoms with Crippen molar-refractivity contribution in [3.8, 4) is 6.07 Å². The molecule has 1 atom stereocenters. The first-order valence-electron chi connectivity index (χ1n) is 19.8. The lowest BCUT2D eigenvalue weighted by Crippen LogP contribution is -2.61. The smallest absolute Gasteiger partial charge is 0.255 e. The maximum Gasteiger partial charge on any atom is 0.255 e. The van der Waals surface area contributed by atoms with E-state index in [1.807, 2.05) is 36.1 Å². The summed E-state index contributed by atoms with van der Waals surface area (Å²) in [6.07, 6.45) is 7.95. The van der Waals surface area contributed by atoms with Gasteiger partial charge >= 0.3 is 0 Å². The Kier molecular flexibility index (Phi) is 12.7. The van der Waals surface area contributed by atoms with Gasteiger partial charge in [-0.15, -0.1) is 11.8 Å². The quantitative estimate of drug-likeness (QED) is 0.226. The van der Waals surface area contributed by atoms with Crippen LogP contribution in [0.25, 0.3) is 0 Å². The van der Waals surface area contributed by atoms with E-state index in [1.54, 1.807) is 30.1 Å². The Morgan fingerprint density at radius 1 is 1.02 bits per heavy atom. The number of pyridine rings is 1. The number of amides is 4. The molecule has 0 bridgehead atoms. The molecule has 4 amide bonds. The minimum Gasteiger partial charge on any atom is -0.371 e. The zero-order valence-corrected chi connectivity index (χ0v) is 33.7. The maximum atomic E-state index is 15.1. The molecule has 1 unspecified atom stereocenters. The van der Waals surface area contributed by atoms with Crippen LogP contribution in [0.15, 0.2) is 59.8 Å². The Balaban J connectivity index is 0.824. The molecule has 4 aliphatic rings. The van der Waals surface area contributed by atoms with Crippen LogP contribution in [0.5, 0.6) is 0 Å². The van der Waals surface area contributed by atoms with Crippen LogP contribution in [0.2, 0.25) is 5.02 Å². The maximum absolute atomic E-state index is 15.1. The molecule has 0 saturated carbocycles. The van der Waals surface area contributed by atoms with Crippen molar-refractivity contribution in [2.24, 2.45) is 5.41 Å². The van der Waals surface area contributed by atoms with Crippen LogP contribution < -0.4 is 20.4 Å². The Labute approximate surface area is 342 Å². The molecule has 57 heavy (non-hydrogen) atoms. The molecule has 12 nitrogen and oxygen atoms in total. The summed E-state index contributed by atoms with van der Waals surface area (Å²) in [5.41, 5.74) is 2.89. The number of aromatic nitrogens is 1. The van der Waals surface area contributed by atoms with Gasteiger partial charge in [0.15, 0.2) is 0 Å². The number of thioether (sulfide) groups is 1. The fourth-order valence-electron chi connectivity index (χ4n) is 8.56. The number of piperidine rings is 2. The average molecular weight is 815 g/mol. The molecule has 3 aromatic rings. The summed E-state index contributed by atoms with van der Waals surface area (Å²) in [4.78, 5) is 62.6. The van der Waals surface area contributed by atoms with Gasteiger partial charge in [-0.25, -0.2) is 9.37 Å². The molecule has 2 aromatic carbocycles. The second-order valence-electron chi connectivity index (χ2n) is 15.6. The number of nitrogens with zero attached hydrogens (tertiary/aromatic N) is 6. The molecular formula is C42H48ClFN8O4S. The van der Waals surface area contributed by atoms with Crippen molar-refractivity contribution in [3.05, 3.63) is 82.3 Å². The third-order valence-electron chi connectivity index (χ3n) is 12.1. The second-order valence-corrected chi connectivity index (χ2v) is 17.4. The first-order valence-corrected chi connectivity index (χ1v) is 21.0. The number of benzene rings is 2. The minimum atomic E-state index is -0.924. The van der Waals surface area contributed by atoms with Crippen LogP contribution in [0, 0.1) is 22.6 Å². The SMILES string of the molecule is CCCC(NC(=O)c1ccc(N2CC(N3CCC(Sc4ccc(C(=O)N5CCC6(CC5)CCN(c5ccc(C#N)c(Cl)c5)C6)cn4)CC3)C2)cc1F)C(=O)NC=O. The largest absolute Gasteiger partial charge is 0.371 e. The summed E-state index contributed by atoms with van der Waals surface area (Å²) >= 11 is 8.08. The average Bonchev–Trinajstić information content (AvgIpc) is 3.61. The molecule has 1 spiro atoms. The Bertz CT molecular complexity index is 2010. The van der Waals surface area contributed by atoms with Crippen molar-refractivity contribution in [3.63, 3.8) is 0 Å². The summed E-state index contributed by atoms with van der Waals surface area (Å²) in [5, 5.41) is 15.6. The lowest BCUT2D eigenvalue weighted by molar-refractivity contribution is -0.126. The van der Waals surface area contributed by atoms with Gasteiger partial charge in [0.1, 0.15) is 17.9 Å². The lowest BCUT2D eigenvalue weighted by Gasteiger charge is -2.48. The second kappa shape index (κ2) is 17.8. The van der Waals surface area contributed by atoms with Crippen LogP contribution in [0.3, 0.4) is 0 Å². The van der Waals surface area contributed by atoms with Crippen molar-refractivity contribution in [1.82, 2.24) is 25.4 Å². The van der Waals surface area contributed by atoms with Crippen LogP contribution in [-0.4, -0.2) is 109 Å². The number of halogens is 2. The zero-order valence-electron chi connectivity index (χ0n) is 32.1. The standard InChI is InChI=1S/C42H48ClFN8O4S/c1-2-3-37(40(55)47-27-53)48-39(54)34-8-7-31(21-36(34)44)52-24-32(25-52)49-15-10-33(11-16-49)57-38-9-5-29(23-46-38)41(56)50-17-12-42(13-18-50)14-19-51(26-42)30-6-4-28(22-45)35(43)20-30/h4-9,20-21,23,27,32-33,37H,2-3,10-19,24-26H2,1H3,(H,48,54)(H,47,53,55). The van der Waals surface area contributed by atoms with E-state index in [4.69, 9.17) is 11.6 Å². The van der Waals surface area contributed by atoms with Crippen molar-refractivity contribution in [2.75, 3.05) is 62.2 Å². The number of imide groups is 1. The fraction of sp³-hybridized carbons (Fsp3) is 0.476. The molecule has 5 heterocycles. The van der Waals surface area contributed by atoms with E-state index >= 15 is 4.39 Å². The highest BCUT2D eigenvalue weighted by Crippen LogP contribution is 2.43. The van der Waals surface area contributed by atoms with Gasteiger partial charge in [-0.3, -0.25) is 29.4 Å². The molecule has 0 aliphatic carbocycles. The number of hydrogen-bond donors (Lipinski definition) is 2. The molecule has 1 aromatic heterocycles. The van der Waals surface area contributed by atoms with Crippen LogP contribution in [-0.2, 0) is 9.59 Å². The summed E-state index contributed by atoms with van der Waals surface area (Å²) < 4.78 is 15.1. The van der Waals surface area contributed by atoms with E-state index in [0.29, 0.717) is 46.0 Å². The van der Waals surface area contributed by atoms with Gasteiger partial charge in [-0.1, -0.05) is 24.9 Å². The van der Waals surface area contributed by atoms with Gasteiger partial charge < -0.3 is 20.0 Å². The number of nitriles is 1. The van der Waals surface area contributed by atoms with E-state index in [1.165, 1.54) is 12.1 Å². The number of nitrogens with one attached hydrogen (secondary N) is 2. The highest BCUT2D eigenvalue weighted by atomic mass is 35.5. The molecule has 4 aliphatic heterocycles. The van der Waals surface area contributed by atoms with Crippen LogP contribution in [0.4, 0.5) is 15.8 Å². The number of carbonyl (C=O) groups excluding carboxylic acids is 4. The van der Waals surface area contributed by atoms with Gasteiger partial charge in [-0.2, -0.15) is 5.26 Å². The monoisotopic (exact) mass is 814 g/mol. The number of likely N-dealkylation sites (tertiary alicyclic amines) is 2. The van der Waals surface area contributed by atoms with Crippen LogP contribution >= 0.6 is 23.4 Å². The number of carbonyl (C=O) groups is 4. The van der Waals surface area contributed by atoms with E-state index < -0.39 is 23.7 Å². The fourth-order valence-corrected chi connectivity index (χ4v) is 9.83. The molecule has 2 N–H and O–H groups in total. The van der Waals surface area contributed by atoms with Crippen molar-refractivity contribution >= 4 is 58.9 Å². The Morgan fingerprint density at radius 3 is 2.39 bits per heavy atom. The third kappa shape index (κ3) is 9.21. The molecule has 4 saturated heterocycles. The molecule has 7 rings (SSSR count). The number of rotatable bonds is 12. The predicted octanol–water partition coefficient (Wildman–Crippen LogP) is 5.49. The van der Waals surface area contributed by atoms with Crippen molar-refractivity contribution in [1.29, 1.82) is 5.26 Å². The van der Waals surface area contributed by atoms with Crippen molar-refractivity contribution in [2.45, 2.75) is 74.2 Å². The molecule has 4 fully saturated rings. The number of hydrogen-bond acceptors (Lipinski definition) is 10. The summed E-state index contributed by atoms with van der Waals surface area (Å²) in [6, 6.07) is 15.6. The van der Waals surface area contributed by atoms with E-state index in [-0.39, 0.29) is 23.3 Å². The van der Waals surface area contributed by atoms with Crippen molar-refractivity contribution < 1.29 is 23.6 Å². The summed E-state index contributed by atoms with van der Waals surface area (Å²) in [7, 11) is 0. The molecule has 15 heteroatoms. The first kappa shape index (κ1) is 40.5. The van der Waals surface area contributed by atoms with E-state index in [2.05, 4.69) is 36.4 Å². The van der Waals surface area contributed by atoms with E-state index in [0.717, 1.165) is 95.2 Å². The summed E-state index contributed by atoms with van der Waals surface area (Å²) in [6.45, 7) is 8.64. The van der Waals surface area contributed by atoms with Gasteiger partial charge in [0.05, 0.1) is 26.7 Å². The first-order chi connectivity index (χ1) is 27.6. The zero-order chi connectivity index (χ0) is 40.1. The Morgan fingerprint density at radius 2 is 1.74 bits per heavy atom. The van der Waals surface area contributed by atoms with Gasteiger partial charge in [0.25, 0.3) is 11.8 Å². The summed E-state index contributed by atoms with van der Waals surface area (Å²) in [5.74, 6) is -1.95. The van der Waals surface area contributed by atoms with Gasteiger partial charge in [-0.05, 0) is 106 Å².